The van der Waals surface area contributed by atoms with E-state index in [1.807, 2.05) is 18.2 Å². The monoisotopic (exact) mass is 481 g/mol. The molecule has 0 bridgehead atoms. The Balaban J connectivity index is 1.61. The molecular weight excluding hydrogens is 454 g/mol. The number of imide groups is 1. The molecule has 0 aromatic heterocycles. The van der Waals surface area contributed by atoms with Crippen LogP contribution in [0.5, 0.6) is 0 Å². The van der Waals surface area contributed by atoms with Gasteiger partial charge < -0.3 is 10.2 Å². The molecule has 1 unspecified atom stereocenters. The van der Waals surface area contributed by atoms with Crippen LogP contribution >= 0.6 is 11.6 Å². The molecule has 1 atom stereocenters. The first-order chi connectivity index (χ1) is 16.3. The van der Waals surface area contributed by atoms with Crippen molar-refractivity contribution in [3.05, 3.63) is 59.1 Å². The summed E-state index contributed by atoms with van der Waals surface area (Å²) in [5, 5.41) is 3.18. The molecule has 8 heteroatoms. The Morgan fingerprint density at radius 3 is 2.35 bits per heavy atom. The lowest BCUT2D eigenvalue weighted by molar-refractivity contribution is -0.143. The van der Waals surface area contributed by atoms with Gasteiger partial charge in [-0.15, -0.1) is 0 Å². The zero-order valence-corrected chi connectivity index (χ0v) is 19.9. The second-order valence-electron chi connectivity index (χ2n) is 8.91. The average molecular weight is 482 g/mol. The van der Waals surface area contributed by atoms with E-state index in [9.17, 15) is 19.2 Å². The van der Waals surface area contributed by atoms with Gasteiger partial charge in [-0.25, -0.2) is 4.90 Å². The molecule has 1 aliphatic carbocycles. The van der Waals surface area contributed by atoms with Crippen LogP contribution in [0, 0.1) is 5.92 Å². The number of carbonyl (C=O) groups excluding carboxylic acids is 4. The second-order valence-corrected chi connectivity index (χ2v) is 9.32. The highest BCUT2D eigenvalue weighted by atomic mass is 35.5. The van der Waals surface area contributed by atoms with Gasteiger partial charge in [-0.05, 0) is 48.7 Å². The van der Waals surface area contributed by atoms with Crippen molar-refractivity contribution >= 4 is 46.6 Å². The number of nitrogens with one attached hydrogen (secondary N) is 1. The molecule has 4 rings (SSSR count). The van der Waals surface area contributed by atoms with E-state index in [1.165, 1.54) is 6.92 Å². The topological polar surface area (TPSA) is 86.8 Å². The number of carbonyl (C=O) groups is 4. The van der Waals surface area contributed by atoms with Crippen LogP contribution in [-0.4, -0.2) is 34.6 Å². The summed E-state index contributed by atoms with van der Waals surface area (Å²) in [6, 6.07) is 12.9. The number of benzene rings is 2. The quantitative estimate of drug-likeness (QED) is 0.613. The number of nitrogens with zero attached hydrogens (tertiary/aromatic N) is 2. The number of halogens is 1. The molecule has 2 aromatic carbocycles. The highest BCUT2D eigenvalue weighted by Crippen LogP contribution is 2.32. The summed E-state index contributed by atoms with van der Waals surface area (Å²) in [6.07, 6.45) is 4.59. The van der Waals surface area contributed by atoms with Gasteiger partial charge >= 0.3 is 0 Å². The second kappa shape index (κ2) is 10.4. The van der Waals surface area contributed by atoms with E-state index in [2.05, 4.69) is 5.32 Å². The van der Waals surface area contributed by atoms with E-state index in [4.69, 9.17) is 11.6 Å². The Kier molecular flexibility index (Phi) is 7.32. The fourth-order valence-corrected chi connectivity index (χ4v) is 4.96. The minimum absolute atomic E-state index is 0.0742. The minimum Gasteiger partial charge on any atom is -0.326 e. The van der Waals surface area contributed by atoms with Gasteiger partial charge in [-0.1, -0.05) is 49.1 Å². The van der Waals surface area contributed by atoms with E-state index in [0.717, 1.165) is 42.6 Å². The highest BCUT2D eigenvalue weighted by molar-refractivity contribution is 6.31. The lowest BCUT2D eigenvalue weighted by Crippen LogP contribution is -2.47. The van der Waals surface area contributed by atoms with Crippen LogP contribution in [0.25, 0.3) is 0 Å². The van der Waals surface area contributed by atoms with Crippen molar-refractivity contribution in [3.63, 3.8) is 0 Å². The lowest BCUT2D eigenvalue weighted by Gasteiger charge is -2.33. The fourth-order valence-electron chi connectivity index (χ4n) is 4.76. The predicted molar refractivity (Wildman–Crippen MR) is 130 cm³/mol. The van der Waals surface area contributed by atoms with Gasteiger partial charge in [0.05, 0.1) is 12.1 Å². The number of hydrogen-bond acceptors (Lipinski definition) is 4. The highest BCUT2D eigenvalue weighted by Gasteiger charge is 2.45. The summed E-state index contributed by atoms with van der Waals surface area (Å²) in [5.74, 6) is -1.23. The van der Waals surface area contributed by atoms with E-state index in [0.29, 0.717) is 16.4 Å². The lowest BCUT2D eigenvalue weighted by atomic mass is 9.87. The smallest absolute Gasteiger partial charge is 0.257 e. The maximum absolute atomic E-state index is 13.6. The third kappa shape index (κ3) is 5.14. The summed E-state index contributed by atoms with van der Waals surface area (Å²) >= 11 is 6.38. The molecule has 1 saturated heterocycles. The average Bonchev–Trinajstić information content (AvgIpc) is 3.12. The van der Waals surface area contributed by atoms with Gasteiger partial charge in [0.15, 0.2) is 0 Å². The number of hydrogen-bond donors (Lipinski definition) is 1. The van der Waals surface area contributed by atoms with Crippen molar-refractivity contribution < 1.29 is 19.2 Å². The molecule has 1 N–H and O–H groups in total. The number of anilines is 2. The number of amides is 4. The summed E-state index contributed by atoms with van der Waals surface area (Å²) in [5.41, 5.74) is 1.72. The van der Waals surface area contributed by atoms with Crippen LogP contribution in [-0.2, 0) is 25.7 Å². The standard InChI is InChI=1S/C26H28ClN3O4/c1-17(31)28-20-11-13-21(14-12-20)30-24(32)15-23(26(30)34)29(16-19-9-5-6-10-22(19)27)25(33)18-7-3-2-4-8-18/h5-6,9-14,18,23H,2-4,7-8,15-16H2,1H3,(H,28,31). The van der Waals surface area contributed by atoms with Crippen molar-refractivity contribution in [2.45, 2.75) is 58.0 Å². The fraction of sp³-hybridized carbons (Fsp3) is 0.385. The zero-order valence-electron chi connectivity index (χ0n) is 19.1. The maximum Gasteiger partial charge on any atom is 0.257 e. The molecule has 2 fully saturated rings. The largest absolute Gasteiger partial charge is 0.326 e. The van der Waals surface area contributed by atoms with Crippen molar-refractivity contribution in [2.24, 2.45) is 5.92 Å². The summed E-state index contributed by atoms with van der Waals surface area (Å²) < 4.78 is 0. The van der Waals surface area contributed by atoms with Crippen LogP contribution in [0.3, 0.4) is 0 Å². The van der Waals surface area contributed by atoms with Gasteiger partial charge in [0, 0.05) is 30.1 Å². The predicted octanol–water partition coefficient (Wildman–Crippen LogP) is 4.54. The van der Waals surface area contributed by atoms with E-state index < -0.39 is 11.9 Å². The summed E-state index contributed by atoms with van der Waals surface area (Å²) in [4.78, 5) is 54.0. The SMILES string of the molecule is CC(=O)Nc1ccc(N2C(=O)CC(N(Cc3ccccc3Cl)C(=O)C3CCCCC3)C2=O)cc1. The van der Waals surface area contributed by atoms with Crippen LogP contribution in [0.2, 0.25) is 5.02 Å². The Bertz CT molecular complexity index is 1100. The van der Waals surface area contributed by atoms with Crippen molar-refractivity contribution in [3.8, 4) is 0 Å². The molecular formula is C26H28ClN3O4. The van der Waals surface area contributed by atoms with Crippen molar-refractivity contribution in [1.29, 1.82) is 0 Å². The molecule has 2 aromatic rings. The van der Waals surface area contributed by atoms with Crippen LogP contribution in [0.1, 0.15) is 51.0 Å². The molecule has 2 aliphatic rings. The third-order valence-electron chi connectivity index (χ3n) is 6.48. The van der Waals surface area contributed by atoms with Gasteiger partial charge in [0.1, 0.15) is 6.04 Å². The molecule has 1 heterocycles. The van der Waals surface area contributed by atoms with Gasteiger partial charge in [-0.2, -0.15) is 0 Å². The minimum atomic E-state index is -0.881. The van der Waals surface area contributed by atoms with Gasteiger partial charge in [-0.3, -0.25) is 19.2 Å². The first-order valence-corrected chi connectivity index (χ1v) is 12.0. The Morgan fingerprint density at radius 1 is 1.03 bits per heavy atom. The summed E-state index contributed by atoms with van der Waals surface area (Å²) in [6.45, 7) is 1.58. The molecule has 0 radical (unpaired) electrons. The molecule has 7 nitrogen and oxygen atoms in total. The molecule has 34 heavy (non-hydrogen) atoms. The maximum atomic E-state index is 13.6. The first kappa shape index (κ1) is 24.0. The van der Waals surface area contributed by atoms with Crippen molar-refractivity contribution in [2.75, 3.05) is 10.2 Å². The van der Waals surface area contributed by atoms with E-state index in [-0.39, 0.29) is 36.6 Å². The Hall–Kier alpha value is -3.19. The summed E-state index contributed by atoms with van der Waals surface area (Å²) in [7, 11) is 0. The zero-order chi connectivity index (χ0) is 24.2. The Labute approximate surface area is 204 Å². The van der Waals surface area contributed by atoms with E-state index >= 15 is 0 Å². The molecule has 0 spiro atoms. The van der Waals surface area contributed by atoms with Gasteiger partial charge in [0.2, 0.25) is 17.7 Å². The van der Waals surface area contributed by atoms with Crippen LogP contribution < -0.4 is 10.2 Å². The molecule has 1 saturated carbocycles. The van der Waals surface area contributed by atoms with Crippen molar-refractivity contribution in [1.82, 2.24) is 4.90 Å². The first-order valence-electron chi connectivity index (χ1n) is 11.6. The van der Waals surface area contributed by atoms with E-state index in [1.54, 1.807) is 35.2 Å². The Morgan fingerprint density at radius 2 is 1.71 bits per heavy atom. The number of rotatable bonds is 6. The van der Waals surface area contributed by atoms with Crippen LogP contribution in [0.15, 0.2) is 48.5 Å². The molecule has 1 aliphatic heterocycles. The van der Waals surface area contributed by atoms with Crippen LogP contribution in [0.4, 0.5) is 11.4 Å². The van der Waals surface area contributed by atoms with Gasteiger partial charge in [0.25, 0.3) is 5.91 Å². The third-order valence-corrected chi connectivity index (χ3v) is 6.85. The molecule has 4 amide bonds. The molecule has 178 valence electrons. The normalized spacial score (nSPS) is 18.8.